The second-order valence-corrected chi connectivity index (χ2v) is 12.8. The Bertz CT molecular complexity index is 2150. The van der Waals surface area contributed by atoms with Gasteiger partial charge in [0.05, 0.1) is 25.8 Å². The molecule has 15 nitrogen and oxygen atoms in total. The zero-order valence-electron chi connectivity index (χ0n) is 29.3. The van der Waals surface area contributed by atoms with Crippen molar-refractivity contribution in [3.8, 4) is 46.0 Å². The lowest BCUT2D eigenvalue weighted by atomic mass is 9.91. The van der Waals surface area contributed by atoms with Crippen LogP contribution in [0.3, 0.4) is 0 Å². The minimum atomic E-state index is -1.82. The van der Waals surface area contributed by atoms with Crippen molar-refractivity contribution >= 4 is 23.4 Å². The van der Waals surface area contributed by atoms with E-state index in [-0.39, 0.29) is 51.8 Å². The molecule has 0 radical (unpaired) electrons. The summed E-state index contributed by atoms with van der Waals surface area (Å²) in [6.45, 7) is -0.541. The predicted octanol–water partition coefficient (Wildman–Crippen LogP) is 3.75. The van der Waals surface area contributed by atoms with Crippen LogP contribution in [0.4, 0.5) is 0 Å². The molecule has 7 rings (SSSR count). The lowest BCUT2D eigenvalue weighted by Crippen LogP contribution is -2.59. The molecule has 4 aromatic carbocycles. The first kappa shape index (κ1) is 36.9. The highest BCUT2D eigenvalue weighted by Crippen LogP contribution is 2.54. The summed E-state index contributed by atoms with van der Waals surface area (Å²) in [7, 11) is 2.71. The molecule has 0 saturated carbocycles. The molecule has 55 heavy (non-hydrogen) atoms. The van der Waals surface area contributed by atoms with Gasteiger partial charge in [0, 0.05) is 23.3 Å². The fourth-order valence-corrected chi connectivity index (χ4v) is 6.36. The Morgan fingerprint density at radius 1 is 0.818 bits per heavy atom. The molecule has 0 spiro atoms. The number of ether oxygens (including phenoxy) is 7. The normalized spacial score (nSPS) is 22.9. The van der Waals surface area contributed by atoms with Crippen molar-refractivity contribution in [1.29, 1.82) is 0 Å². The first-order valence-corrected chi connectivity index (χ1v) is 16.9. The predicted molar refractivity (Wildman–Crippen MR) is 193 cm³/mol. The summed E-state index contributed by atoms with van der Waals surface area (Å²) in [6, 6.07) is 18.1. The molecule has 3 aliphatic heterocycles. The fourth-order valence-electron chi connectivity index (χ4n) is 6.36. The van der Waals surface area contributed by atoms with Crippen LogP contribution in [-0.2, 0) is 19.0 Å². The fraction of sp³-hybridized carbons (Fsp3) is 0.225. The number of hydrogen-bond donors (Lipinski definition) is 7. The van der Waals surface area contributed by atoms with Crippen LogP contribution in [-0.4, -0.2) is 98.0 Å². The first-order chi connectivity index (χ1) is 26.4. The lowest BCUT2D eigenvalue weighted by molar-refractivity contribution is -0.296. The third kappa shape index (κ3) is 7.41. The highest BCUT2D eigenvalue weighted by atomic mass is 16.7. The van der Waals surface area contributed by atoms with Gasteiger partial charge in [-0.3, -0.25) is 0 Å². The Kier molecular flexibility index (Phi) is 10.2. The molecular formula is C40H37O15+. The third-order valence-corrected chi connectivity index (χ3v) is 9.19. The lowest BCUT2D eigenvalue weighted by Gasteiger charge is -2.41. The number of benzene rings is 4. The van der Waals surface area contributed by atoms with Crippen LogP contribution in [0, 0.1) is 0 Å². The zero-order valence-corrected chi connectivity index (χ0v) is 29.3. The van der Waals surface area contributed by atoms with Crippen LogP contribution in [0.25, 0.3) is 17.4 Å². The number of carbonyl (C=O) groups excluding carboxylic acids is 1. The van der Waals surface area contributed by atoms with E-state index in [4.69, 9.17) is 33.2 Å². The van der Waals surface area contributed by atoms with Gasteiger partial charge in [-0.1, -0.05) is 12.1 Å². The molecule has 15 heteroatoms. The van der Waals surface area contributed by atoms with E-state index in [1.165, 1.54) is 68.8 Å². The Morgan fingerprint density at radius 3 is 2.13 bits per heavy atom. The number of rotatable bonds is 10. The number of phenols is 4. The number of hydrogen-bond acceptors (Lipinski definition) is 14. The number of aromatic hydroxyl groups is 5. The van der Waals surface area contributed by atoms with E-state index >= 15 is 0 Å². The van der Waals surface area contributed by atoms with Gasteiger partial charge in [-0.05, 0) is 66.2 Å². The van der Waals surface area contributed by atoms with Crippen molar-refractivity contribution in [1.82, 2.24) is 0 Å². The molecule has 4 aromatic rings. The van der Waals surface area contributed by atoms with Crippen molar-refractivity contribution in [2.75, 3.05) is 20.8 Å². The summed E-state index contributed by atoms with van der Waals surface area (Å²) in [4.78, 5) is 12.6. The van der Waals surface area contributed by atoms with Gasteiger partial charge < -0.3 is 68.9 Å². The average molecular weight is 758 g/mol. The summed E-state index contributed by atoms with van der Waals surface area (Å²) >= 11 is 0. The van der Waals surface area contributed by atoms with Crippen molar-refractivity contribution in [3.63, 3.8) is 0 Å². The molecule has 3 heterocycles. The Morgan fingerprint density at radius 2 is 1.47 bits per heavy atom. The van der Waals surface area contributed by atoms with Crippen LogP contribution in [0.5, 0.6) is 46.0 Å². The summed E-state index contributed by atoms with van der Waals surface area (Å²) in [5.41, 5.74) is 2.29. The quantitative estimate of drug-likeness (QED) is 0.0695. The molecule has 6 atom stereocenters. The maximum Gasteiger partial charge on any atom is 0.330 e. The Labute approximate surface area is 313 Å². The standard InChI is InChI=1S/C40H36O15/c1-49-29-13-21(14-30(50-2)34(29)45)38-39(25-17-26(20-6-10-23(42)11-7-20)52-27-15-24(43)16-28(53-38)33(25)27)55-40-37(48)36(47)35(46)31(54-40)18-51-32(44)12-5-19-3-8-22(41)9-4-19/h3-17,31,35-38,40-43,45-48H,18H2,1-2H3/p+1. The van der Waals surface area contributed by atoms with Crippen molar-refractivity contribution < 1.29 is 73.7 Å². The zero-order chi connectivity index (χ0) is 39.0. The number of carbonyl (C=O) groups is 1. The van der Waals surface area contributed by atoms with E-state index in [1.807, 2.05) is 0 Å². The first-order valence-electron chi connectivity index (χ1n) is 16.9. The Balaban J connectivity index is 1.28. The van der Waals surface area contributed by atoms with E-state index in [1.54, 1.807) is 30.3 Å². The monoisotopic (exact) mass is 757 g/mol. The molecule has 0 bridgehead atoms. The van der Waals surface area contributed by atoms with E-state index in [0.717, 1.165) is 6.08 Å². The van der Waals surface area contributed by atoms with Crippen LogP contribution in [0.1, 0.15) is 28.4 Å². The molecule has 286 valence electrons. The van der Waals surface area contributed by atoms with Crippen LogP contribution in [0.15, 0.2) is 90.7 Å². The summed E-state index contributed by atoms with van der Waals surface area (Å²) in [5.74, 6) is -0.252. The molecule has 6 unspecified atom stereocenters. The summed E-state index contributed by atoms with van der Waals surface area (Å²) in [5, 5.41) is 73.9. The number of methoxy groups -OCH3 is 2. The highest BCUT2D eigenvalue weighted by molar-refractivity contribution is 5.93. The SMILES string of the molecule is COc1cc(C2[OH+]c3cc(O)cc4c3C(=C2OC2OC(COC(=O)C=Cc3ccc(O)cc3)C(O)C(O)C2O)C=C(c2ccc(O)cc2)O4)cc(OC)c1O. The van der Waals surface area contributed by atoms with Gasteiger partial charge in [-0.25, -0.2) is 4.79 Å². The minimum absolute atomic E-state index is 0.0215. The molecule has 0 aromatic heterocycles. The van der Waals surface area contributed by atoms with E-state index in [0.29, 0.717) is 33.6 Å². The topological polar surface area (TPSA) is 227 Å². The van der Waals surface area contributed by atoms with Gasteiger partial charge in [0.2, 0.25) is 17.8 Å². The van der Waals surface area contributed by atoms with Gasteiger partial charge in [0.15, 0.2) is 11.5 Å². The van der Waals surface area contributed by atoms with E-state index in [9.17, 15) is 40.5 Å². The van der Waals surface area contributed by atoms with Crippen LogP contribution < -0.4 is 14.2 Å². The third-order valence-electron chi connectivity index (χ3n) is 9.19. The number of phenolic OH excluding ortho intramolecular Hbond substituents is 4. The maximum atomic E-state index is 12.6. The van der Waals surface area contributed by atoms with Gasteiger partial charge >= 0.3 is 5.97 Å². The maximum absolute atomic E-state index is 12.6. The molecule has 1 saturated heterocycles. The van der Waals surface area contributed by atoms with Crippen molar-refractivity contribution in [3.05, 3.63) is 113 Å². The second-order valence-electron chi connectivity index (χ2n) is 12.8. The Hall–Kier alpha value is -6.39. The van der Waals surface area contributed by atoms with Crippen molar-refractivity contribution in [2.45, 2.75) is 36.8 Å². The van der Waals surface area contributed by atoms with Crippen LogP contribution in [0.2, 0.25) is 0 Å². The highest BCUT2D eigenvalue weighted by Gasteiger charge is 2.49. The smallest absolute Gasteiger partial charge is 0.330 e. The largest absolute Gasteiger partial charge is 0.571 e. The van der Waals surface area contributed by atoms with Crippen molar-refractivity contribution in [2.24, 2.45) is 0 Å². The average Bonchev–Trinajstić information content (AvgIpc) is 3.18. The summed E-state index contributed by atoms with van der Waals surface area (Å²) < 4.78 is 39.7. The van der Waals surface area contributed by atoms with Gasteiger partial charge in [-0.2, -0.15) is 0 Å². The molecule has 1 fully saturated rings. The summed E-state index contributed by atoms with van der Waals surface area (Å²) in [6.07, 6.45) is -5.25. The minimum Gasteiger partial charge on any atom is -0.571 e. The van der Waals surface area contributed by atoms with Gasteiger partial charge in [0.25, 0.3) is 11.9 Å². The van der Waals surface area contributed by atoms with Crippen LogP contribution >= 0.6 is 0 Å². The number of esters is 1. The van der Waals surface area contributed by atoms with E-state index < -0.39 is 49.4 Å². The van der Waals surface area contributed by atoms with E-state index in [2.05, 4.69) is 0 Å². The van der Waals surface area contributed by atoms with Gasteiger partial charge in [0.1, 0.15) is 65.3 Å². The number of aliphatic hydroxyl groups is 4. The number of allylic oxidation sites excluding steroid dienone is 2. The molecule has 0 aliphatic carbocycles. The number of aliphatic hydroxyl groups excluding tert-OH is 3. The second kappa shape index (κ2) is 15.2. The van der Waals surface area contributed by atoms with Gasteiger partial charge in [-0.15, -0.1) is 0 Å². The molecule has 8 N–H and O–H groups in total. The molecule has 3 aliphatic rings. The molecular weight excluding hydrogens is 720 g/mol. The molecule has 0 amide bonds.